The van der Waals surface area contributed by atoms with E-state index in [0.717, 1.165) is 5.56 Å². The quantitative estimate of drug-likeness (QED) is 0.682. The average molecular weight is 213 g/mol. The van der Waals surface area contributed by atoms with Gasteiger partial charge in [-0.3, -0.25) is 0 Å². The number of nitriles is 1. The van der Waals surface area contributed by atoms with Crippen molar-refractivity contribution >= 4 is 0 Å². The molecule has 2 unspecified atom stereocenters. The van der Waals surface area contributed by atoms with E-state index >= 15 is 0 Å². The molecule has 1 nitrogen and oxygen atoms in total. The van der Waals surface area contributed by atoms with Crippen molar-refractivity contribution in [1.29, 1.82) is 5.26 Å². The number of nitrogens with zero attached hydrogens (tertiary/aromatic N) is 1. The van der Waals surface area contributed by atoms with Gasteiger partial charge in [0.25, 0.3) is 0 Å². The molecule has 0 spiro atoms. The molecular formula is C15H19N. The molecule has 0 amide bonds. The highest BCUT2D eigenvalue weighted by molar-refractivity contribution is 5.53. The van der Waals surface area contributed by atoms with Crippen LogP contribution in [0.3, 0.4) is 0 Å². The molecule has 1 aliphatic carbocycles. The number of rotatable bonds is 1. The molecule has 1 aromatic carbocycles. The maximum absolute atomic E-state index is 9.19. The SMILES string of the molecule is CC(C)c1ccc(C#N)c2c1C(C)CC2C. The molecule has 2 rings (SSSR count). The van der Waals surface area contributed by atoms with Gasteiger partial charge in [-0.15, -0.1) is 0 Å². The van der Waals surface area contributed by atoms with E-state index in [9.17, 15) is 5.26 Å². The molecule has 0 N–H and O–H groups in total. The lowest BCUT2D eigenvalue weighted by Crippen LogP contribution is -2.00. The monoisotopic (exact) mass is 213 g/mol. The molecule has 0 aliphatic heterocycles. The van der Waals surface area contributed by atoms with Crippen LogP contribution >= 0.6 is 0 Å². The highest BCUT2D eigenvalue weighted by Crippen LogP contribution is 2.46. The summed E-state index contributed by atoms with van der Waals surface area (Å²) in [6.45, 7) is 9.00. The van der Waals surface area contributed by atoms with E-state index in [4.69, 9.17) is 0 Å². The summed E-state index contributed by atoms with van der Waals surface area (Å²) in [7, 11) is 0. The van der Waals surface area contributed by atoms with Crippen molar-refractivity contribution in [2.45, 2.75) is 51.9 Å². The summed E-state index contributed by atoms with van der Waals surface area (Å²) < 4.78 is 0. The lowest BCUT2D eigenvalue weighted by Gasteiger charge is -2.16. The summed E-state index contributed by atoms with van der Waals surface area (Å²) >= 11 is 0. The van der Waals surface area contributed by atoms with Crippen LogP contribution in [0.25, 0.3) is 0 Å². The second-order valence-electron chi connectivity index (χ2n) is 5.33. The van der Waals surface area contributed by atoms with E-state index in [-0.39, 0.29) is 0 Å². The zero-order valence-electron chi connectivity index (χ0n) is 10.5. The van der Waals surface area contributed by atoms with E-state index in [1.54, 1.807) is 0 Å². The highest BCUT2D eigenvalue weighted by Gasteiger charge is 2.30. The van der Waals surface area contributed by atoms with Crippen molar-refractivity contribution in [2.24, 2.45) is 0 Å². The molecule has 0 saturated carbocycles. The smallest absolute Gasteiger partial charge is 0.0994 e. The van der Waals surface area contributed by atoms with E-state index in [1.807, 2.05) is 6.07 Å². The van der Waals surface area contributed by atoms with Crippen molar-refractivity contribution < 1.29 is 0 Å². The minimum atomic E-state index is 0.540. The normalized spacial score (nSPS) is 23.2. The summed E-state index contributed by atoms with van der Waals surface area (Å²) in [6, 6.07) is 6.50. The first-order valence-corrected chi connectivity index (χ1v) is 6.13. The molecule has 84 valence electrons. The molecule has 1 aliphatic rings. The summed E-state index contributed by atoms with van der Waals surface area (Å²) in [5.41, 5.74) is 5.10. The Hall–Kier alpha value is -1.29. The van der Waals surface area contributed by atoms with Crippen LogP contribution < -0.4 is 0 Å². The summed E-state index contributed by atoms with van der Waals surface area (Å²) in [6.07, 6.45) is 1.19. The molecule has 0 heterocycles. The standard InChI is InChI=1S/C15H19N/c1-9(2)13-6-5-12(8-16)14-10(3)7-11(4)15(13)14/h5-6,9-11H,7H2,1-4H3. The van der Waals surface area contributed by atoms with Crippen molar-refractivity contribution in [3.05, 3.63) is 34.4 Å². The topological polar surface area (TPSA) is 23.8 Å². The molecular weight excluding hydrogens is 194 g/mol. The molecule has 0 aromatic heterocycles. The van der Waals surface area contributed by atoms with Crippen molar-refractivity contribution in [3.63, 3.8) is 0 Å². The van der Waals surface area contributed by atoms with Crippen LogP contribution in [0.4, 0.5) is 0 Å². The van der Waals surface area contributed by atoms with Gasteiger partial charge in [0.2, 0.25) is 0 Å². The molecule has 1 heteroatoms. The van der Waals surface area contributed by atoms with Gasteiger partial charge in [0, 0.05) is 0 Å². The first-order chi connectivity index (χ1) is 7.56. The van der Waals surface area contributed by atoms with Crippen LogP contribution in [0, 0.1) is 11.3 Å². The van der Waals surface area contributed by atoms with Gasteiger partial charge in [0.1, 0.15) is 0 Å². The third-order valence-electron chi connectivity index (χ3n) is 3.76. The molecule has 16 heavy (non-hydrogen) atoms. The van der Waals surface area contributed by atoms with Crippen LogP contribution in [-0.2, 0) is 0 Å². The fourth-order valence-corrected chi connectivity index (χ4v) is 3.10. The zero-order chi connectivity index (χ0) is 11.9. The first kappa shape index (κ1) is 11.2. The Balaban J connectivity index is 2.70. The Morgan fingerprint density at radius 2 is 1.81 bits per heavy atom. The van der Waals surface area contributed by atoms with Gasteiger partial charge in [-0.1, -0.05) is 33.8 Å². The Morgan fingerprint density at radius 1 is 1.19 bits per heavy atom. The van der Waals surface area contributed by atoms with Gasteiger partial charge in [0.15, 0.2) is 0 Å². The van der Waals surface area contributed by atoms with Crippen LogP contribution in [0.2, 0.25) is 0 Å². The van der Waals surface area contributed by atoms with Crippen LogP contribution in [0.15, 0.2) is 12.1 Å². The first-order valence-electron chi connectivity index (χ1n) is 6.13. The van der Waals surface area contributed by atoms with Gasteiger partial charge in [-0.2, -0.15) is 5.26 Å². The van der Waals surface area contributed by atoms with Gasteiger partial charge < -0.3 is 0 Å². The van der Waals surface area contributed by atoms with Crippen LogP contribution in [-0.4, -0.2) is 0 Å². The van der Waals surface area contributed by atoms with Crippen molar-refractivity contribution in [1.82, 2.24) is 0 Å². The second kappa shape index (κ2) is 3.94. The highest BCUT2D eigenvalue weighted by atomic mass is 14.4. The van der Waals surface area contributed by atoms with Crippen molar-refractivity contribution in [3.8, 4) is 6.07 Å². The van der Waals surface area contributed by atoms with Gasteiger partial charge in [-0.25, -0.2) is 0 Å². The summed E-state index contributed by atoms with van der Waals surface area (Å²) in [5.74, 6) is 1.70. The average Bonchev–Trinajstić information content (AvgIpc) is 2.54. The van der Waals surface area contributed by atoms with Gasteiger partial charge in [0.05, 0.1) is 11.6 Å². The van der Waals surface area contributed by atoms with Crippen molar-refractivity contribution in [2.75, 3.05) is 0 Å². The fourth-order valence-electron chi connectivity index (χ4n) is 3.10. The predicted molar refractivity (Wildman–Crippen MR) is 66.7 cm³/mol. The third kappa shape index (κ3) is 1.53. The number of hydrogen-bond acceptors (Lipinski definition) is 1. The molecule has 0 saturated heterocycles. The third-order valence-corrected chi connectivity index (χ3v) is 3.76. The lowest BCUT2D eigenvalue weighted by atomic mass is 9.88. The summed E-state index contributed by atoms with van der Waals surface area (Å²) in [5, 5.41) is 9.19. The van der Waals surface area contributed by atoms with E-state index < -0.39 is 0 Å². The van der Waals surface area contributed by atoms with Crippen LogP contribution in [0.5, 0.6) is 0 Å². The maximum atomic E-state index is 9.19. The number of benzene rings is 1. The Morgan fingerprint density at radius 3 is 2.38 bits per heavy atom. The number of hydrogen-bond donors (Lipinski definition) is 0. The lowest BCUT2D eigenvalue weighted by molar-refractivity contribution is 0.656. The minimum Gasteiger partial charge on any atom is -0.192 e. The Kier molecular flexibility index (Phi) is 2.76. The molecule has 2 atom stereocenters. The zero-order valence-corrected chi connectivity index (χ0v) is 10.5. The van der Waals surface area contributed by atoms with E-state index in [1.165, 1.54) is 23.1 Å². The number of fused-ring (bicyclic) bond motifs is 1. The van der Waals surface area contributed by atoms with Gasteiger partial charge in [-0.05, 0) is 46.9 Å². The molecule has 0 radical (unpaired) electrons. The fraction of sp³-hybridized carbons (Fsp3) is 0.533. The van der Waals surface area contributed by atoms with Crippen LogP contribution in [0.1, 0.15) is 74.1 Å². The molecule has 1 aromatic rings. The Labute approximate surface area is 98.1 Å². The predicted octanol–water partition coefficient (Wildman–Crippen LogP) is 4.29. The molecule has 0 fully saturated rings. The second-order valence-corrected chi connectivity index (χ2v) is 5.33. The molecule has 0 bridgehead atoms. The van der Waals surface area contributed by atoms with Gasteiger partial charge >= 0.3 is 0 Å². The largest absolute Gasteiger partial charge is 0.192 e. The van der Waals surface area contributed by atoms with E-state index in [2.05, 4.69) is 39.8 Å². The maximum Gasteiger partial charge on any atom is 0.0994 e. The minimum absolute atomic E-state index is 0.540. The Bertz CT molecular complexity index is 451. The summed E-state index contributed by atoms with van der Waals surface area (Å²) in [4.78, 5) is 0. The van der Waals surface area contributed by atoms with E-state index in [0.29, 0.717) is 17.8 Å².